The van der Waals surface area contributed by atoms with Crippen molar-refractivity contribution in [2.45, 2.75) is 30.9 Å². The topological polar surface area (TPSA) is 64.0 Å². The van der Waals surface area contributed by atoms with E-state index in [0.29, 0.717) is 35.2 Å². The summed E-state index contributed by atoms with van der Waals surface area (Å²) in [6.07, 6.45) is 3.21. The SMILES string of the molecule is O=C1CN(C2CC(O)C2)CC2=C[C@H](c3c(O)ccc(Cl)c3Cl)CN12. The van der Waals surface area contributed by atoms with Crippen LogP contribution < -0.4 is 0 Å². The number of piperazine rings is 1. The molecule has 1 saturated carbocycles. The highest BCUT2D eigenvalue weighted by Crippen LogP contribution is 2.42. The lowest BCUT2D eigenvalue weighted by Crippen LogP contribution is -2.55. The lowest BCUT2D eigenvalue weighted by atomic mass is 9.87. The molecule has 0 bridgehead atoms. The van der Waals surface area contributed by atoms with Gasteiger partial charge in [-0.15, -0.1) is 0 Å². The summed E-state index contributed by atoms with van der Waals surface area (Å²) in [5.74, 6) is -0.0198. The lowest BCUT2D eigenvalue weighted by Gasteiger charge is -2.44. The minimum Gasteiger partial charge on any atom is -0.508 e. The molecule has 0 spiro atoms. The number of rotatable bonds is 2. The van der Waals surface area contributed by atoms with Gasteiger partial charge in [-0.05, 0) is 25.0 Å². The van der Waals surface area contributed by atoms with Crippen molar-refractivity contribution < 1.29 is 15.0 Å². The van der Waals surface area contributed by atoms with Crippen molar-refractivity contribution in [1.29, 1.82) is 0 Å². The van der Waals surface area contributed by atoms with E-state index in [1.807, 2.05) is 6.08 Å². The second-order valence-corrected chi connectivity index (χ2v) is 7.53. The molecule has 128 valence electrons. The van der Waals surface area contributed by atoms with Crippen LogP contribution in [0.25, 0.3) is 0 Å². The molecule has 1 atom stereocenters. The Bertz CT molecular complexity index is 731. The molecular weight excluding hydrogens is 351 g/mol. The number of benzene rings is 1. The van der Waals surface area contributed by atoms with Gasteiger partial charge in [0.1, 0.15) is 5.75 Å². The summed E-state index contributed by atoms with van der Waals surface area (Å²) in [6.45, 7) is 1.53. The van der Waals surface area contributed by atoms with E-state index in [-0.39, 0.29) is 29.7 Å². The van der Waals surface area contributed by atoms with E-state index >= 15 is 0 Å². The van der Waals surface area contributed by atoms with Crippen molar-refractivity contribution in [2.24, 2.45) is 0 Å². The number of carbonyl (C=O) groups excluding carboxylic acids is 1. The molecule has 1 amide bonds. The summed E-state index contributed by atoms with van der Waals surface area (Å²) < 4.78 is 0. The van der Waals surface area contributed by atoms with Crippen LogP contribution in [0.1, 0.15) is 24.3 Å². The number of halogens is 2. The number of hydrogen-bond acceptors (Lipinski definition) is 4. The third-order valence-corrected chi connectivity index (χ3v) is 6.03. The predicted octanol–water partition coefficient (Wildman–Crippen LogP) is 2.35. The summed E-state index contributed by atoms with van der Waals surface area (Å²) in [5, 5.41) is 20.4. The van der Waals surface area contributed by atoms with Crippen LogP contribution in [-0.2, 0) is 4.79 Å². The molecule has 2 N–H and O–H groups in total. The van der Waals surface area contributed by atoms with Crippen LogP contribution >= 0.6 is 23.2 Å². The second-order valence-electron chi connectivity index (χ2n) is 6.75. The first-order valence-electron chi connectivity index (χ1n) is 8.04. The van der Waals surface area contributed by atoms with Crippen LogP contribution in [0.15, 0.2) is 23.9 Å². The van der Waals surface area contributed by atoms with Gasteiger partial charge in [0.25, 0.3) is 0 Å². The molecular formula is C17H18Cl2N2O3. The summed E-state index contributed by atoms with van der Waals surface area (Å²) >= 11 is 12.4. The molecule has 1 aliphatic carbocycles. The van der Waals surface area contributed by atoms with Crippen LogP contribution in [0.2, 0.25) is 10.0 Å². The molecule has 5 nitrogen and oxygen atoms in total. The molecule has 24 heavy (non-hydrogen) atoms. The van der Waals surface area contributed by atoms with Gasteiger partial charge in [0.05, 0.1) is 22.7 Å². The van der Waals surface area contributed by atoms with E-state index in [1.165, 1.54) is 6.07 Å². The van der Waals surface area contributed by atoms with Crippen LogP contribution in [0.3, 0.4) is 0 Å². The van der Waals surface area contributed by atoms with Crippen LogP contribution in [0, 0.1) is 0 Å². The van der Waals surface area contributed by atoms with Gasteiger partial charge in [-0.25, -0.2) is 0 Å². The molecule has 1 aromatic rings. The fraction of sp³-hybridized carbons (Fsp3) is 0.471. The fourth-order valence-corrected chi connectivity index (χ4v) is 4.28. The maximum absolute atomic E-state index is 12.5. The number of nitrogens with zero attached hydrogens (tertiary/aromatic N) is 2. The molecule has 2 fully saturated rings. The zero-order valence-corrected chi connectivity index (χ0v) is 14.5. The number of hydrogen-bond donors (Lipinski definition) is 2. The van der Waals surface area contributed by atoms with Gasteiger partial charge in [0, 0.05) is 36.3 Å². The van der Waals surface area contributed by atoms with Gasteiger partial charge in [-0.2, -0.15) is 0 Å². The quantitative estimate of drug-likeness (QED) is 0.840. The van der Waals surface area contributed by atoms with Crippen molar-refractivity contribution in [1.82, 2.24) is 9.80 Å². The molecule has 2 aliphatic heterocycles. The Labute approximate surface area is 150 Å². The van der Waals surface area contributed by atoms with Crippen molar-refractivity contribution >= 4 is 29.1 Å². The average molecular weight is 369 g/mol. The summed E-state index contributed by atoms with van der Waals surface area (Å²) in [6, 6.07) is 3.37. The van der Waals surface area contributed by atoms with Gasteiger partial charge in [-0.1, -0.05) is 29.3 Å². The molecule has 1 saturated heterocycles. The highest BCUT2D eigenvalue weighted by Gasteiger charge is 2.41. The number of carbonyl (C=O) groups is 1. The summed E-state index contributed by atoms with van der Waals surface area (Å²) in [4.78, 5) is 16.4. The summed E-state index contributed by atoms with van der Waals surface area (Å²) in [7, 11) is 0. The van der Waals surface area contributed by atoms with Crippen molar-refractivity contribution in [3.8, 4) is 5.75 Å². The van der Waals surface area contributed by atoms with E-state index < -0.39 is 0 Å². The van der Waals surface area contributed by atoms with Gasteiger partial charge in [0.2, 0.25) is 5.91 Å². The third kappa shape index (κ3) is 2.60. The van der Waals surface area contributed by atoms with E-state index in [1.54, 1.807) is 11.0 Å². The highest BCUT2D eigenvalue weighted by molar-refractivity contribution is 6.42. The third-order valence-electron chi connectivity index (χ3n) is 5.21. The van der Waals surface area contributed by atoms with Crippen LogP contribution in [-0.4, -0.2) is 57.7 Å². The first-order valence-corrected chi connectivity index (χ1v) is 8.79. The van der Waals surface area contributed by atoms with Crippen LogP contribution in [0.5, 0.6) is 5.75 Å². The molecule has 0 unspecified atom stereocenters. The molecule has 3 aliphatic rings. The largest absolute Gasteiger partial charge is 0.508 e. The van der Waals surface area contributed by atoms with Crippen molar-refractivity contribution in [3.63, 3.8) is 0 Å². The van der Waals surface area contributed by atoms with Crippen molar-refractivity contribution in [3.05, 3.63) is 39.5 Å². The number of aromatic hydroxyl groups is 1. The van der Waals surface area contributed by atoms with Gasteiger partial charge >= 0.3 is 0 Å². The van der Waals surface area contributed by atoms with E-state index in [9.17, 15) is 15.0 Å². The Morgan fingerprint density at radius 2 is 1.92 bits per heavy atom. The maximum atomic E-state index is 12.5. The first kappa shape index (κ1) is 16.2. The predicted molar refractivity (Wildman–Crippen MR) is 91.3 cm³/mol. The Kier molecular flexibility index (Phi) is 4.00. The molecule has 1 aromatic carbocycles. The monoisotopic (exact) mass is 368 g/mol. The minimum absolute atomic E-state index is 0.0500. The van der Waals surface area contributed by atoms with Gasteiger partial charge in [-0.3, -0.25) is 9.69 Å². The zero-order chi connectivity index (χ0) is 17.0. The molecule has 0 aromatic heterocycles. The number of amides is 1. The van der Waals surface area contributed by atoms with E-state index in [0.717, 1.165) is 18.5 Å². The van der Waals surface area contributed by atoms with E-state index in [2.05, 4.69) is 4.90 Å². The molecule has 4 rings (SSSR count). The Balaban J connectivity index is 1.60. The Morgan fingerprint density at radius 3 is 2.62 bits per heavy atom. The number of aliphatic hydroxyl groups is 1. The van der Waals surface area contributed by atoms with Crippen LogP contribution in [0.4, 0.5) is 0 Å². The molecule has 7 heteroatoms. The smallest absolute Gasteiger partial charge is 0.240 e. The Hall–Kier alpha value is -1.27. The summed E-state index contributed by atoms with van der Waals surface area (Å²) in [5.41, 5.74) is 1.51. The standard InChI is InChI=1S/C17H18Cl2N2O3/c18-13-1-2-14(23)16(17(13)19)9-3-11-7-20(10-4-12(22)5-10)8-15(24)21(11)6-9/h1-3,9-10,12,22-23H,4-8H2/t9-,10?,12?/m0/s1. The number of phenolic OH excluding ortho intramolecular Hbond substituents is 1. The lowest BCUT2D eigenvalue weighted by molar-refractivity contribution is -0.135. The normalized spacial score (nSPS) is 30.1. The molecule has 0 radical (unpaired) electrons. The van der Waals surface area contributed by atoms with Gasteiger partial charge < -0.3 is 15.1 Å². The van der Waals surface area contributed by atoms with Gasteiger partial charge in [0.15, 0.2) is 0 Å². The second kappa shape index (κ2) is 5.92. The minimum atomic E-state index is -0.240. The number of aliphatic hydroxyl groups excluding tert-OH is 1. The average Bonchev–Trinajstić information content (AvgIpc) is 2.92. The number of fused-ring (bicyclic) bond motifs is 1. The van der Waals surface area contributed by atoms with E-state index in [4.69, 9.17) is 23.2 Å². The van der Waals surface area contributed by atoms with Crippen molar-refractivity contribution in [2.75, 3.05) is 19.6 Å². The molecule has 2 heterocycles. The first-order chi connectivity index (χ1) is 11.4. The maximum Gasteiger partial charge on any atom is 0.240 e. The number of phenols is 1. The zero-order valence-electron chi connectivity index (χ0n) is 13.0. The Morgan fingerprint density at radius 1 is 1.17 bits per heavy atom. The fourth-order valence-electron chi connectivity index (χ4n) is 3.81. The highest BCUT2D eigenvalue weighted by atomic mass is 35.5.